The Morgan fingerprint density at radius 1 is 1.15 bits per heavy atom. The maximum absolute atomic E-state index is 12.9. The van der Waals surface area contributed by atoms with Gasteiger partial charge in [0.25, 0.3) is 0 Å². The number of amides is 1. The Bertz CT molecular complexity index is 947. The van der Waals surface area contributed by atoms with Gasteiger partial charge < -0.3 is 4.74 Å². The first kappa shape index (κ1) is 19.1. The molecule has 1 aromatic carbocycles. The topological polar surface area (TPSA) is 101 Å². The van der Waals surface area contributed by atoms with Crippen molar-refractivity contribution in [1.82, 2.24) is 4.31 Å². The van der Waals surface area contributed by atoms with Gasteiger partial charge >= 0.3 is 0 Å². The predicted octanol–water partition coefficient (Wildman–Crippen LogP) is 1.18. The third-order valence-electron chi connectivity index (χ3n) is 4.65. The van der Waals surface area contributed by atoms with Crippen LogP contribution < -0.4 is 9.04 Å². The predicted molar refractivity (Wildman–Crippen MR) is 96.0 cm³/mol. The molecule has 0 radical (unpaired) electrons. The van der Waals surface area contributed by atoms with Gasteiger partial charge in [-0.1, -0.05) is 0 Å². The molecule has 26 heavy (non-hydrogen) atoms. The quantitative estimate of drug-likeness (QED) is 0.750. The molecular formula is C16H22N2O6S2. The molecule has 0 aliphatic carbocycles. The highest BCUT2D eigenvalue weighted by Crippen LogP contribution is 2.39. The van der Waals surface area contributed by atoms with Gasteiger partial charge in [-0.2, -0.15) is 4.31 Å². The lowest BCUT2D eigenvalue weighted by Gasteiger charge is -2.21. The molecule has 2 heterocycles. The van der Waals surface area contributed by atoms with Gasteiger partial charge in [0, 0.05) is 13.1 Å². The molecular weight excluding hydrogens is 380 g/mol. The molecule has 10 heteroatoms. The van der Waals surface area contributed by atoms with Crippen molar-refractivity contribution in [3.05, 3.63) is 18.2 Å². The monoisotopic (exact) mass is 402 g/mol. The maximum atomic E-state index is 12.9. The molecule has 0 unspecified atom stereocenters. The Kier molecular flexibility index (Phi) is 4.56. The summed E-state index contributed by atoms with van der Waals surface area (Å²) in [7, 11) is -6.36. The summed E-state index contributed by atoms with van der Waals surface area (Å²) in [6, 6.07) is 3.98. The van der Waals surface area contributed by atoms with Crippen LogP contribution in [0.4, 0.5) is 5.69 Å². The van der Waals surface area contributed by atoms with Gasteiger partial charge in [-0.3, -0.25) is 4.79 Å². The molecule has 144 valence electrons. The lowest BCUT2D eigenvalue weighted by Crippen LogP contribution is -2.33. The average molecular weight is 402 g/mol. The van der Waals surface area contributed by atoms with Gasteiger partial charge in [0.2, 0.25) is 26.0 Å². The van der Waals surface area contributed by atoms with Gasteiger partial charge in [0.05, 0.1) is 24.0 Å². The van der Waals surface area contributed by atoms with Gasteiger partial charge in [-0.25, -0.2) is 21.1 Å². The molecule has 0 saturated carbocycles. The highest BCUT2D eigenvalue weighted by atomic mass is 32.2. The fraction of sp³-hybridized carbons (Fsp3) is 0.562. The van der Waals surface area contributed by atoms with Crippen molar-refractivity contribution in [3.8, 4) is 5.75 Å². The second-order valence-electron chi connectivity index (χ2n) is 7.16. The molecule has 2 aliphatic rings. The minimum atomic E-state index is -3.86. The van der Waals surface area contributed by atoms with Crippen molar-refractivity contribution in [1.29, 1.82) is 0 Å². The van der Waals surface area contributed by atoms with Crippen LogP contribution in [0.3, 0.4) is 0 Å². The third-order valence-corrected chi connectivity index (χ3v) is 8.59. The Balaban J connectivity index is 2.13. The van der Waals surface area contributed by atoms with E-state index in [1.165, 1.54) is 29.6 Å². The molecule has 3 rings (SSSR count). The Morgan fingerprint density at radius 2 is 1.77 bits per heavy atom. The molecule has 0 N–H and O–H groups in total. The molecule has 0 bridgehead atoms. The zero-order chi connectivity index (χ0) is 19.3. The van der Waals surface area contributed by atoms with Crippen molar-refractivity contribution in [2.45, 2.75) is 31.6 Å². The zero-order valence-electron chi connectivity index (χ0n) is 14.9. The number of benzene rings is 1. The standard InChI is InChI=1S/C16H22N2O6S2/c1-16(2)11-25(20,21)18(15(16)19)12-6-7-13(24-3)14(10-12)26(22,23)17-8-4-5-9-17/h6-7,10H,4-5,8-9,11H2,1-3H3. The minimum Gasteiger partial charge on any atom is -0.495 e. The van der Waals surface area contributed by atoms with Gasteiger partial charge in [0.15, 0.2) is 0 Å². The first-order valence-corrected chi connectivity index (χ1v) is 11.3. The van der Waals surface area contributed by atoms with E-state index in [0.29, 0.717) is 17.4 Å². The lowest BCUT2D eigenvalue weighted by atomic mass is 9.95. The van der Waals surface area contributed by atoms with Crippen molar-refractivity contribution in [3.63, 3.8) is 0 Å². The van der Waals surface area contributed by atoms with E-state index in [4.69, 9.17) is 4.74 Å². The largest absolute Gasteiger partial charge is 0.495 e. The number of hydrogen-bond acceptors (Lipinski definition) is 6. The van der Waals surface area contributed by atoms with Crippen LogP contribution in [0.2, 0.25) is 0 Å². The van der Waals surface area contributed by atoms with Crippen LogP contribution in [0.15, 0.2) is 23.1 Å². The summed E-state index contributed by atoms with van der Waals surface area (Å²) in [5, 5.41) is 0. The SMILES string of the molecule is COc1ccc(N2C(=O)C(C)(C)CS2(=O)=O)cc1S(=O)(=O)N1CCCC1. The third kappa shape index (κ3) is 2.99. The van der Waals surface area contributed by atoms with E-state index in [2.05, 4.69) is 0 Å². The van der Waals surface area contributed by atoms with Crippen molar-refractivity contribution < 1.29 is 26.4 Å². The number of sulfonamides is 2. The first-order valence-electron chi connectivity index (χ1n) is 8.26. The second kappa shape index (κ2) is 6.21. The zero-order valence-corrected chi connectivity index (χ0v) is 16.6. The van der Waals surface area contributed by atoms with Crippen LogP contribution >= 0.6 is 0 Å². The summed E-state index contributed by atoms with van der Waals surface area (Å²) in [6.07, 6.45) is 1.54. The number of carbonyl (C=O) groups is 1. The summed E-state index contributed by atoms with van der Waals surface area (Å²) < 4.78 is 58.1. The number of methoxy groups -OCH3 is 1. The first-order chi connectivity index (χ1) is 12.0. The molecule has 1 amide bonds. The van der Waals surface area contributed by atoms with Crippen LogP contribution in [0.1, 0.15) is 26.7 Å². The van der Waals surface area contributed by atoms with Crippen molar-refractivity contribution in [2.24, 2.45) is 5.41 Å². The number of hydrogen-bond donors (Lipinski definition) is 0. The van der Waals surface area contributed by atoms with Crippen LogP contribution in [0.25, 0.3) is 0 Å². The summed E-state index contributed by atoms with van der Waals surface area (Å²) in [5.74, 6) is -0.782. The molecule has 2 fully saturated rings. The fourth-order valence-corrected chi connectivity index (χ4v) is 7.11. The Hall–Kier alpha value is -1.65. The number of anilines is 1. The van der Waals surface area contributed by atoms with Crippen molar-refractivity contribution >= 4 is 31.6 Å². The fourth-order valence-electron chi connectivity index (χ4n) is 3.32. The van der Waals surface area contributed by atoms with Gasteiger partial charge in [0.1, 0.15) is 10.6 Å². The van der Waals surface area contributed by atoms with E-state index in [-0.39, 0.29) is 22.1 Å². The highest BCUT2D eigenvalue weighted by molar-refractivity contribution is 7.94. The second-order valence-corrected chi connectivity index (χ2v) is 10.9. The number of ether oxygens (including phenoxy) is 1. The van der Waals surface area contributed by atoms with Crippen molar-refractivity contribution in [2.75, 3.05) is 30.3 Å². The highest BCUT2D eigenvalue weighted by Gasteiger charge is 2.50. The molecule has 8 nitrogen and oxygen atoms in total. The molecule has 0 spiro atoms. The summed E-state index contributed by atoms with van der Waals surface area (Å²) >= 11 is 0. The normalized spacial score (nSPS) is 22.7. The van der Waals surface area contributed by atoms with Crippen LogP contribution in [-0.2, 0) is 24.8 Å². The minimum absolute atomic E-state index is 0.0131. The average Bonchev–Trinajstić information content (AvgIpc) is 3.13. The summed E-state index contributed by atoms with van der Waals surface area (Å²) in [5.41, 5.74) is -1.05. The van der Waals surface area contributed by atoms with E-state index < -0.39 is 31.4 Å². The van der Waals surface area contributed by atoms with Gasteiger partial charge in [-0.15, -0.1) is 0 Å². The maximum Gasteiger partial charge on any atom is 0.247 e. The molecule has 0 atom stereocenters. The Morgan fingerprint density at radius 3 is 2.27 bits per heavy atom. The summed E-state index contributed by atoms with van der Waals surface area (Å²) in [4.78, 5) is 12.4. The lowest BCUT2D eigenvalue weighted by molar-refractivity contribution is -0.123. The van der Waals surface area contributed by atoms with Crippen LogP contribution in [-0.4, -0.2) is 53.0 Å². The van der Waals surface area contributed by atoms with E-state index in [0.717, 1.165) is 12.8 Å². The van der Waals surface area contributed by atoms with Crippen LogP contribution in [0.5, 0.6) is 5.75 Å². The molecule has 0 aromatic heterocycles. The van der Waals surface area contributed by atoms with E-state index >= 15 is 0 Å². The van der Waals surface area contributed by atoms with Crippen LogP contribution in [0, 0.1) is 5.41 Å². The molecule has 2 saturated heterocycles. The van der Waals surface area contributed by atoms with Gasteiger partial charge in [-0.05, 0) is 44.9 Å². The Labute approximate surface area is 153 Å². The number of rotatable bonds is 4. The van der Waals surface area contributed by atoms with E-state index in [1.54, 1.807) is 13.8 Å². The van der Waals surface area contributed by atoms with E-state index in [9.17, 15) is 21.6 Å². The number of nitrogens with zero attached hydrogens (tertiary/aromatic N) is 2. The number of carbonyl (C=O) groups excluding carboxylic acids is 1. The molecule has 2 aliphatic heterocycles. The molecule has 1 aromatic rings. The smallest absolute Gasteiger partial charge is 0.247 e. The van der Waals surface area contributed by atoms with E-state index in [1.807, 2.05) is 0 Å². The summed E-state index contributed by atoms with van der Waals surface area (Å²) in [6.45, 7) is 3.92.